The van der Waals surface area contributed by atoms with E-state index >= 15 is 0 Å². The van der Waals surface area contributed by atoms with E-state index in [2.05, 4.69) is 5.10 Å². The number of nitrogens with zero attached hydrogens (tertiary/aromatic N) is 4. The highest BCUT2D eigenvalue weighted by Gasteiger charge is 2.39. The number of benzene rings is 1. The number of fused-ring (bicyclic) bond motifs is 1. The highest BCUT2D eigenvalue weighted by molar-refractivity contribution is 6.30. The van der Waals surface area contributed by atoms with E-state index in [-0.39, 0.29) is 30.6 Å². The molecule has 0 saturated carbocycles. The van der Waals surface area contributed by atoms with Gasteiger partial charge in [-0.1, -0.05) is 17.7 Å². The van der Waals surface area contributed by atoms with E-state index in [0.717, 1.165) is 0 Å². The molecular formula is C16H15ClF2N4O2. The molecule has 0 aliphatic carbocycles. The van der Waals surface area contributed by atoms with Crippen molar-refractivity contribution in [2.75, 3.05) is 13.1 Å². The first kappa shape index (κ1) is 16.3. The van der Waals surface area contributed by atoms with Gasteiger partial charge in [0, 0.05) is 6.42 Å². The topological polar surface area (TPSA) is 60.1 Å². The van der Waals surface area contributed by atoms with E-state index < -0.39 is 23.7 Å². The Morgan fingerprint density at radius 1 is 1.36 bits per heavy atom. The largest absolute Gasteiger partial charge is 0.346 e. The molecule has 2 aromatic rings. The van der Waals surface area contributed by atoms with Crippen LogP contribution in [-0.2, 0) is 17.8 Å². The van der Waals surface area contributed by atoms with Crippen LogP contribution in [0.15, 0.2) is 23.0 Å². The van der Waals surface area contributed by atoms with E-state index in [1.165, 1.54) is 32.3 Å². The summed E-state index contributed by atoms with van der Waals surface area (Å²) in [6.07, 6.45) is 0.0236. The molecule has 0 radical (unpaired) electrons. The zero-order chi connectivity index (χ0) is 17.7. The van der Waals surface area contributed by atoms with Crippen LogP contribution in [0.4, 0.5) is 8.78 Å². The van der Waals surface area contributed by atoms with Crippen molar-refractivity contribution in [3.8, 4) is 0 Å². The van der Waals surface area contributed by atoms with Crippen LogP contribution in [0.3, 0.4) is 0 Å². The molecule has 9 heteroatoms. The number of carbonyl (C=O) groups is 1. The zero-order valence-corrected chi connectivity index (χ0v) is 13.9. The lowest BCUT2D eigenvalue weighted by Crippen LogP contribution is -2.54. The Kier molecular flexibility index (Phi) is 3.87. The summed E-state index contributed by atoms with van der Waals surface area (Å²) in [6, 6.07) is 3.58. The van der Waals surface area contributed by atoms with E-state index in [4.69, 9.17) is 11.6 Å². The first-order valence-corrected chi connectivity index (χ1v) is 8.37. The van der Waals surface area contributed by atoms with Gasteiger partial charge in [0.1, 0.15) is 23.9 Å². The van der Waals surface area contributed by atoms with Crippen molar-refractivity contribution in [1.29, 1.82) is 0 Å². The van der Waals surface area contributed by atoms with Gasteiger partial charge in [-0.25, -0.2) is 18.3 Å². The molecule has 0 N–H and O–H groups in total. The predicted molar refractivity (Wildman–Crippen MR) is 85.8 cm³/mol. The van der Waals surface area contributed by atoms with Gasteiger partial charge in [0.2, 0.25) is 5.91 Å². The Morgan fingerprint density at radius 3 is 2.80 bits per heavy atom. The minimum absolute atomic E-state index is 0.0242. The van der Waals surface area contributed by atoms with E-state index in [0.29, 0.717) is 24.2 Å². The van der Waals surface area contributed by atoms with E-state index in [9.17, 15) is 18.4 Å². The van der Waals surface area contributed by atoms with Gasteiger partial charge in [-0.05, 0) is 24.1 Å². The van der Waals surface area contributed by atoms with Crippen LogP contribution >= 0.6 is 11.6 Å². The summed E-state index contributed by atoms with van der Waals surface area (Å²) in [5.41, 5.74) is 0.236. The Bertz CT molecular complexity index is 904. The van der Waals surface area contributed by atoms with Crippen LogP contribution in [0.1, 0.15) is 23.9 Å². The highest BCUT2D eigenvalue weighted by atomic mass is 35.5. The quantitative estimate of drug-likeness (QED) is 0.826. The summed E-state index contributed by atoms with van der Waals surface area (Å²) in [4.78, 5) is 26.5. The van der Waals surface area contributed by atoms with Gasteiger partial charge < -0.3 is 4.90 Å². The molecule has 1 fully saturated rings. The Hall–Kier alpha value is -2.22. The summed E-state index contributed by atoms with van der Waals surface area (Å²) in [6.45, 7) is 0.305. The monoisotopic (exact) mass is 368 g/mol. The predicted octanol–water partition coefficient (Wildman–Crippen LogP) is 1.55. The molecule has 1 atom stereocenters. The van der Waals surface area contributed by atoms with Gasteiger partial charge in [-0.3, -0.25) is 9.36 Å². The third-order valence-electron chi connectivity index (χ3n) is 4.64. The molecule has 1 unspecified atom stereocenters. The summed E-state index contributed by atoms with van der Waals surface area (Å²) >= 11 is 5.76. The smallest absolute Gasteiger partial charge is 0.335 e. The zero-order valence-electron chi connectivity index (χ0n) is 13.2. The normalized spacial score (nSPS) is 19.8. The van der Waals surface area contributed by atoms with E-state index in [1.807, 2.05) is 0 Å². The standard InChI is InChI=1S/C16H15ClF2N4O2/c17-11-5-9(1-2-12(11)19)6-22-16(25)23-13(3-4-14(23)20-22)15(24)21-7-10(18)8-21/h1-2,5,10,13H,3-4,6-8H2. The second-order valence-corrected chi connectivity index (χ2v) is 6.78. The van der Waals surface area contributed by atoms with Gasteiger partial charge in [-0.2, -0.15) is 5.10 Å². The maximum absolute atomic E-state index is 13.2. The molecule has 1 amide bonds. The molecule has 132 valence electrons. The van der Waals surface area contributed by atoms with Crippen molar-refractivity contribution in [3.05, 3.63) is 50.9 Å². The van der Waals surface area contributed by atoms with Crippen LogP contribution in [0.2, 0.25) is 5.02 Å². The number of hydrogen-bond donors (Lipinski definition) is 0. The van der Waals surface area contributed by atoms with Crippen LogP contribution in [0.5, 0.6) is 0 Å². The average Bonchev–Trinajstić information content (AvgIpc) is 3.08. The number of amides is 1. The number of halogens is 3. The summed E-state index contributed by atoms with van der Waals surface area (Å²) in [5.74, 6) is -0.232. The Labute approximate surface area is 146 Å². The summed E-state index contributed by atoms with van der Waals surface area (Å²) in [7, 11) is 0. The second-order valence-electron chi connectivity index (χ2n) is 6.37. The number of aromatic nitrogens is 3. The molecule has 0 bridgehead atoms. The van der Waals surface area contributed by atoms with Crippen molar-refractivity contribution in [3.63, 3.8) is 0 Å². The molecule has 6 nitrogen and oxygen atoms in total. The molecule has 3 heterocycles. The van der Waals surface area contributed by atoms with E-state index in [1.54, 1.807) is 0 Å². The molecule has 1 saturated heterocycles. The number of carbonyl (C=O) groups excluding carboxylic acids is 1. The third-order valence-corrected chi connectivity index (χ3v) is 4.93. The van der Waals surface area contributed by atoms with Crippen LogP contribution in [0.25, 0.3) is 0 Å². The summed E-state index contributed by atoms with van der Waals surface area (Å²) in [5, 5.41) is 4.25. The third kappa shape index (κ3) is 2.74. The Morgan fingerprint density at radius 2 is 2.12 bits per heavy atom. The number of alkyl halides is 1. The number of hydrogen-bond acceptors (Lipinski definition) is 3. The van der Waals surface area contributed by atoms with Crippen molar-refractivity contribution in [2.24, 2.45) is 0 Å². The fourth-order valence-electron chi connectivity index (χ4n) is 3.31. The fourth-order valence-corrected chi connectivity index (χ4v) is 3.51. The SMILES string of the molecule is O=C(C1CCc2nn(Cc3ccc(F)c(Cl)c3)c(=O)n21)N1CC(F)C1. The minimum atomic E-state index is -0.979. The molecule has 2 aliphatic rings. The average molecular weight is 369 g/mol. The lowest BCUT2D eigenvalue weighted by atomic mass is 10.1. The van der Waals surface area contributed by atoms with Crippen LogP contribution in [-0.4, -0.2) is 44.4 Å². The van der Waals surface area contributed by atoms with Crippen molar-refractivity contribution < 1.29 is 13.6 Å². The number of rotatable bonds is 3. The maximum Gasteiger partial charge on any atom is 0.346 e. The van der Waals surface area contributed by atoms with Gasteiger partial charge in [0.25, 0.3) is 0 Å². The van der Waals surface area contributed by atoms with Crippen molar-refractivity contribution >= 4 is 17.5 Å². The molecule has 1 aromatic heterocycles. The minimum Gasteiger partial charge on any atom is -0.335 e. The first-order chi connectivity index (χ1) is 11.9. The molecule has 1 aromatic carbocycles. The van der Waals surface area contributed by atoms with Crippen LogP contribution in [0, 0.1) is 5.82 Å². The number of likely N-dealkylation sites (tertiary alicyclic amines) is 1. The Balaban J connectivity index is 1.59. The highest BCUT2D eigenvalue weighted by Crippen LogP contribution is 2.27. The molecule has 2 aliphatic heterocycles. The van der Waals surface area contributed by atoms with Crippen molar-refractivity contribution in [1.82, 2.24) is 19.2 Å². The van der Waals surface area contributed by atoms with Crippen LogP contribution < -0.4 is 5.69 Å². The fraction of sp³-hybridized carbons (Fsp3) is 0.438. The molecule has 25 heavy (non-hydrogen) atoms. The molecular weight excluding hydrogens is 354 g/mol. The molecule has 4 rings (SSSR count). The van der Waals surface area contributed by atoms with Gasteiger partial charge in [0.05, 0.1) is 24.7 Å². The maximum atomic E-state index is 13.2. The molecule has 0 spiro atoms. The van der Waals surface area contributed by atoms with Crippen molar-refractivity contribution in [2.45, 2.75) is 31.6 Å². The van der Waals surface area contributed by atoms with Gasteiger partial charge >= 0.3 is 5.69 Å². The summed E-state index contributed by atoms with van der Waals surface area (Å²) < 4.78 is 28.9. The lowest BCUT2D eigenvalue weighted by Gasteiger charge is -2.36. The lowest BCUT2D eigenvalue weighted by molar-refractivity contribution is -0.141. The first-order valence-electron chi connectivity index (χ1n) is 7.99. The van der Waals surface area contributed by atoms with Gasteiger partial charge in [0.15, 0.2) is 0 Å². The second kappa shape index (κ2) is 5.94. The number of aryl methyl sites for hydroxylation is 1. The van der Waals surface area contributed by atoms with Gasteiger partial charge in [-0.15, -0.1) is 0 Å².